The molecule has 1 atom stereocenters. The zero-order chi connectivity index (χ0) is 15.4. The van der Waals surface area contributed by atoms with Gasteiger partial charge in [0.05, 0.1) is 13.2 Å². The molecule has 0 fully saturated rings. The van der Waals surface area contributed by atoms with E-state index in [0.717, 1.165) is 22.3 Å². The molecule has 1 N–H and O–H groups in total. The van der Waals surface area contributed by atoms with E-state index in [4.69, 9.17) is 4.74 Å². The molecule has 0 bridgehead atoms. The van der Waals surface area contributed by atoms with E-state index in [9.17, 15) is 5.11 Å². The van der Waals surface area contributed by atoms with Gasteiger partial charge in [0, 0.05) is 29.3 Å². The summed E-state index contributed by atoms with van der Waals surface area (Å²) in [7, 11) is 3.64. The number of benzene rings is 2. The summed E-state index contributed by atoms with van der Waals surface area (Å²) in [5.41, 5.74) is 3.01. The molecule has 0 aliphatic carbocycles. The Bertz CT molecular complexity index is 596. The Labute approximate surface area is 134 Å². The van der Waals surface area contributed by atoms with Gasteiger partial charge in [-0.2, -0.15) is 0 Å². The van der Waals surface area contributed by atoms with Gasteiger partial charge in [-0.15, -0.1) is 0 Å². The van der Waals surface area contributed by atoms with Crippen molar-refractivity contribution in [3.63, 3.8) is 0 Å². The summed E-state index contributed by atoms with van der Waals surface area (Å²) in [4.78, 5) is 2.12. The Morgan fingerprint density at radius 1 is 1.19 bits per heavy atom. The number of anilines is 1. The quantitative estimate of drug-likeness (QED) is 0.880. The van der Waals surface area contributed by atoms with Crippen LogP contribution in [0.25, 0.3) is 0 Å². The molecule has 21 heavy (non-hydrogen) atoms. The normalized spacial score (nSPS) is 12.0. The first-order valence-corrected chi connectivity index (χ1v) is 7.62. The molecule has 2 rings (SSSR count). The van der Waals surface area contributed by atoms with Gasteiger partial charge in [0.15, 0.2) is 0 Å². The summed E-state index contributed by atoms with van der Waals surface area (Å²) >= 11 is 3.44. The van der Waals surface area contributed by atoms with Gasteiger partial charge >= 0.3 is 0 Å². The van der Waals surface area contributed by atoms with E-state index in [-0.39, 0.29) is 0 Å². The first kappa shape index (κ1) is 15.9. The number of methoxy groups -OCH3 is 1. The smallest absolute Gasteiger partial charge is 0.126 e. The molecule has 0 saturated heterocycles. The van der Waals surface area contributed by atoms with Crippen LogP contribution >= 0.6 is 15.9 Å². The minimum atomic E-state index is -0.580. The van der Waals surface area contributed by atoms with E-state index in [0.29, 0.717) is 5.75 Å². The zero-order valence-electron chi connectivity index (χ0n) is 12.5. The molecule has 2 aromatic carbocycles. The first-order valence-electron chi connectivity index (χ1n) is 6.83. The highest BCUT2D eigenvalue weighted by atomic mass is 79.9. The van der Waals surface area contributed by atoms with Gasteiger partial charge in [0.2, 0.25) is 0 Å². The molecular weight excluding hydrogens is 330 g/mol. The van der Waals surface area contributed by atoms with Crippen LogP contribution in [0.3, 0.4) is 0 Å². The van der Waals surface area contributed by atoms with Crippen LogP contribution in [0.5, 0.6) is 5.75 Å². The predicted molar refractivity (Wildman–Crippen MR) is 89.9 cm³/mol. The zero-order valence-corrected chi connectivity index (χ0v) is 14.1. The van der Waals surface area contributed by atoms with Crippen molar-refractivity contribution in [2.45, 2.75) is 19.6 Å². The summed E-state index contributed by atoms with van der Waals surface area (Å²) in [5, 5.41) is 10.1. The number of aliphatic hydroxyl groups is 1. The molecule has 0 amide bonds. The Morgan fingerprint density at radius 3 is 2.43 bits per heavy atom. The van der Waals surface area contributed by atoms with Crippen molar-refractivity contribution in [2.75, 3.05) is 19.1 Å². The van der Waals surface area contributed by atoms with Gasteiger partial charge in [-0.25, -0.2) is 0 Å². The lowest BCUT2D eigenvalue weighted by Gasteiger charge is -2.25. The van der Waals surface area contributed by atoms with Crippen LogP contribution < -0.4 is 9.64 Å². The lowest BCUT2D eigenvalue weighted by Crippen LogP contribution is -2.19. The van der Waals surface area contributed by atoms with E-state index in [1.807, 2.05) is 37.4 Å². The fourth-order valence-electron chi connectivity index (χ4n) is 2.41. The predicted octanol–water partition coefficient (Wildman–Crippen LogP) is 4.15. The second-order valence-electron chi connectivity index (χ2n) is 5.05. The fraction of sp³-hybridized carbons (Fsp3) is 0.294. The molecule has 0 radical (unpaired) electrons. The number of nitrogens with zero attached hydrogens (tertiary/aromatic N) is 1. The van der Waals surface area contributed by atoms with E-state index >= 15 is 0 Å². The van der Waals surface area contributed by atoms with E-state index < -0.39 is 6.10 Å². The third-order valence-corrected chi connectivity index (χ3v) is 3.95. The van der Waals surface area contributed by atoms with Crippen molar-refractivity contribution in [3.05, 3.63) is 58.1 Å². The lowest BCUT2D eigenvalue weighted by molar-refractivity contribution is 0.194. The highest BCUT2D eigenvalue weighted by Gasteiger charge is 2.16. The van der Waals surface area contributed by atoms with Crippen LogP contribution in [0.15, 0.2) is 46.9 Å². The number of ether oxygens (including phenoxy) is 1. The highest BCUT2D eigenvalue weighted by Crippen LogP contribution is 2.34. The molecule has 0 aromatic heterocycles. The van der Waals surface area contributed by atoms with Crippen molar-refractivity contribution < 1.29 is 9.84 Å². The Hall–Kier alpha value is -1.52. The van der Waals surface area contributed by atoms with Gasteiger partial charge in [-0.05, 0) is 36.8 Å². The van der Waals surface area contributed by atoms with Gasteiger partial charge in [0.25, 0.3) is 0 Å². The monoisotopic (exact) mass is 349 g/mol. The van der Waals surface area contributed by atoms with Gasteiger partial charge < -0.3 is 14.7 Å². The van der Waals surface area contributed by atoms with Gasteiger partial charge in [0.1, 0.15) is 5.75 Å². The molecular formula is C17H20BrNO2. The maximum Gasteiger partial charge on any atom is 0.126 e. The molecule has 0 aliphatic rings. The summed E-state index contributed by atoms with van der Waals surface area (Å²) in [6, 6.07) is 14.1. The van der Waals surface area contributed by atoms with Gasteiger partial charge in [-0.3, -0.25) is 0 Å². The first-order chi connectivity index (χ1) is 10.0. The Kier molecular flexibility index (Phi) is 5.26. The van der Waals surface area contributed by atoms with Crippen LogP contribution in [0.1, 0.15) is 24.2 Å². The summed E-state index contributed by atoms with van der Waals surface area (Å²) in [6.07, 6.45) is -0.580. The van der Waals surface area contributed by atoms with Crippen molar-refractivity contribution in [1.82, 2.24) is 0 Å². The Morgan fingerprint density at radius 2 is 1.86 bits per heavy atom. The summed E-state index contributed by atoms with van der Waals surface area (Å²) in [5.74, 6) is 0.713. The SMILES string of the molecule is COc1cccc(N(C)Cc2ccc(Br)cc2)c1C(C)O. The van der Waals surface area contributed by atoms with Crippen LogP contribution in [0.2, 0.25) is 0 Å². The molecule has 0 saturated carbocycles. The summed E-state index contributed by atoms with van der Waals surface area (Å²) in [6.45, 7) is 2.52. The largest absolute Gasteiger partial charge is 0.496 e. The molecule has 112 valence electrons. The number of aliphatic hydroxyl groups excluding tert-OH is 1. The third-order valence-electron chi connectivity index (χ3n) is 3.43. The number of halogens is 1. The standard InChI is InChI=1S/C17H20BrNO2/c1-12(20)17-15(5-4-6-16(17)21-3)19(2)11-13-7-9-14(18)10-8-13/h4-10,12,20H,11H2,1-3H3. The maximum atomic E-state index is 10.1. The second-order valence-corrected chi connectivity index (χ2v) is 5.97. The van der Waals surface area contributed by atoms with Crippen molar-refractivity contribution in [2.24, 2.45) is 0 Å². The minimum Gasteiger partial charge on any atom is -0.496 e. The molecule has 1 unspecified atom stereocenters. The average molecular weight is 350 g/mol. The van der Waals surface area contributed by atoms with Crippen LogP contribution in [0.4, 0.5) is 5.69 Å². The molecule has 0 aliphatic heterocycles. The van der Waals surface area contributed by atoms with Crippen LogP contribution in [-0.2, 0) is 6.54 Å². The van der Waals surface area contributed by atoms with Crippen molar-refractivity contribution in [3.8, 4) is 5.75 Å². The topological polar surface area (TPSA) is 32.7 Å². The van der Waals surface area contributed by atoms with Crippen LogP contribution in [-0.4, -0.2) is 19.3 Å². The van der Waals surface area contributed by atoms with Crippen molar-refractivity contribution in [1.29, 1.82) is 0 Å². The van der Waals surface area contributed by atoms with E-state index in [1.165, 1.54) is 5.56 Å². The lowest BCUT2D eigenvalue weighted by atomic mass is 10.1. The molecule has 4 heteroatoms. The Balaban J connectivity index is 2.30. The van der Waals surface area contributed by atoms with Gasteiger partial charge in [-0.1, -0.05) is 34.1 Å². The second kappa shape index (κ2) is 6.96. The number of hydrogen-bond acceptors (Lipinski definition) is 3. The minimum absolute atomic E-state index is 0.580. The molecule has 0 heterocycles. The molecule has 2 aromatic rings. The maximum absolute atomic E-state index is 10.1. The van der Waals surface area contributed by atoms with Crippen LogP contribution in [0, 0.1) is 0 Å². The number of hydrogen-bond donors (Lipinski definition) is 1. The third kappa shape index (κ3) is 3.77. The molecule has 0 spiro atoms. The highest BCUT2D eigenvalue weighted by molar-refractivity contribution is 9.10. The fourth-order valence-corrected chi connectivity index (χ4v) is 2.68. The number of rotatable bonds is 5. The average Bonchev–Trinajstić information content (AvgIpc) is 2.48. The summed E-state index contributed by atoms with van der Waals surface area (Å²) < 4.78 is 6.44. The van der Waals surface area contributed by atoms with Crippen molar-refractivity contribution >= 4 is 21.6 Å². The van der Waals surface area contributed by atoms with E-state index in [1.54, 1.807) is 14.0 Å². The van der Waals surface area contributed by atoms with E-state index in [2.05, 4.69) is 33.0 Å². The molecule has 3 nitrogen and oxygen atoms in total.